The zero-order chi connectivity index (χ0) is 18.6. The molecule has 0 fully saturated rings. The molecule has 0 saturated heterocycles. The van der Waals surface area contributed by atoms with Gasteiger partial charge in [-0.05, 0) is 55.9 Å². The van der Waals surface area contributed by atoms with Gasteiger partial charge in [-0.3, -0.25) is 4.79 Å². The van der Waals surface area contributed by atoms with E-state index >= 15 is 0 Å². The van der Waals surface area contributed by atoms with Gasteiger partial charge in [0.05, 0.1) is 18.8 Å². The topological polar surface area (TPSA) is 105 Å². The quantitative estimate of drug-likeness (QED) is 0.693. The average Bonchev–Trinajstić information content (AvgIpc) is 3.15. The molecule has 1 amide bonds. The number of nitrogens with one attached hydrogen (secondary N) is 1. The lowest BCUT2D eigenvalue weighted by Gasteiger charge is -2.25. The second-order valence-corrected chi connectivity index (χ2v) is 6.94. The number of rotatable bonds is 7. The number of carbonyl (C=O) groups is 1. The standard InChI is InChI=1S/C19H24N2O5/c1-19(11-22,12-23)20-18(24)17-9-16(26-21-17)10-25-15-7-6-13-4-2-3-5-14(13)8-15/h6-9,22-23H,2-5,10-12H2,1H3,(H,20,24). The van der Waals surface area contributed by atoms with Gasteiger partial charge >= 0.3 is 0 Å². The summed E-state index contributed by atoms with van der Waals surface area (Å²) >= 11 is 0. The molecule has 0 spiro atoms. The summed E-state index contributed by atoms with van der Waals surface area (Å²) < 4.78 is 10.9. The van der Waals surface area contributed by atoms with Crippen LogP contribution in [-0.4, -0.2) is 40.0 Å². The maximum Gasteiger partial charge on any atom is 0.274 e. The number of aryl methyl sites for hydroxylation is 2. The number of amides is 1. The molecule has 7 heteroatoms. The van der Waals surface area contributed by atoms with Gasteiger partial charge in [-0.2, -0.15) is 0 Å². The van der Waals surface area contributed by atoms with Gasteiger partial charge < -0.3 is 24.8 Å². The van der Waals surface area contributed by atoms with Gasteiger partial charge in [-0.1, -0.05) is 11.2 Å². The summed E-state index contributed by atoms with van der Waals surface area (Å²) in [6, 6.07) is 7.60. The highest BCUT2D eigenvalue weighted by Crippen LogP contribution is 2.25. The Kier molecular flexibility index (Phi) is 5.58. The number of hydrogen-bond donors (Lipinski definition) is 3. The molecule has 7 nitrogen and oxygen atoms in total. The molecule has 26 heavy (non-hydrogen) atoms. The number of ether oxygens (including phenoxy) is 1. The first-order valence-electron chi connectivity index (χ1n) is 8.77. The van der Waals surface area contributed by atoms with Crippen molar-refractivity contribution < 1.29 is 24.3 Å². The molecule has 1 aliphatic rings. The van der Waals surface area contributed by atoms with Crippen molar-refractivity contribution in [3.63, 3.8) is 0 Å². The molecule has 0 unspecified atom stereocenters. The Bertz CT molecular complexity index is 767. The summed E-state index contributed by atoms with van der Waals surface area (Å²) in [6.45, 7) is 0.921. The number of aliphatic hydroxyl groups excluding tert-OH is 2. The molecule has 0 atom stereocenters. The molecule has 1 aromatic carbocycles. The van der Waals surface area contributed by atoms with Gasteiger partial charge in [-0.25, -0.2) is 0 Å². The van der Waals surface area contributed by atoms with Crippen molar-refractivity contribution in [1.82, 2.24) is 10.5 Å². The maximum absolute atomic E-state index is 12.1. The Morgan fingerprint density at radius 1 is 1.23 bits per heavy atom. The number of benzene rings is 1. The third-order valence-electron chi connectivity index (χ3n) is 4.61. The van der Waals surface area contributed by atoms with Crippen LogP contribution in [0.2, 0.25) is 0 Å². The minimum absolute atomic E-state index is 0.0714. The van der Waals surface area contributed by atoms with Gasteiger partial charge in [0.1, 0.15) is 12.4 Å². The summed E-state index contributed by atoms with van der Waals surface area (Å²) in [5.41, 5.74) is 1.68. The molecule has 1 heterocycles. The highest BCUT2D eigenvalue weighted by molar-refractivity contribution is 5.92. The van der Waals surface area contributed by atoms with E-state index in [1.807, 2.05) is 6.07 Å². The van der Waals surface area contributed by atoms with Gasteiger partial charge in [0.15, 0.2) is 11.5 Å². The Hall–Kier alpha value is -2.38. The van der Waals surface area contributed by atoms with Crippen LogP contribution in [0.15, 0.2) is 28.8 Å². The molecular formula is C19H24N2O5. The van der Waals surface area contributed by atoms with Crippen LogP contribution in [0.1, 0.15) is 47.1 Å². The van der Waals surface area contributed by atoms with Crippen LogP contribution in [0.4, 0.5) is 0 Å². The van der Waals surface area contributed by atoms with Crippen molar-refractivity contribution in [3.8, 4) is 5.75 Å². The molecule has 0 bridgehead atoms. The van der Waals surface area contributed by atoms with Crippen molar-refractivity contribution >= 4 is 5.91 Å². The Morgan fingerprint density at radius 3 is 2.69 bits per heavy atom. The third-order valence-corrected chi connectivity index (χ3v) is 4.61. The molecule has 0 radical (unpaired) electrons. The summed E-state index contributed by atoms with van der Waals surface area (Å²) in [7, 11) is 0. The smallest absolute Gasteiger partial charge is 0.274 e. The number of aromatic nitrogens is 1. The van der Waals surface area contributed by atoms with E-state index in [4.69, 9.17) is 9.26 Å². The number of nitrogens with zero attached hydrogens (tertiary/aromatic N) is 1. The zero-order valence-electron chi connectivity index (χ0n) is 14.8. The molecule has 1 aromatic heterocycles. The molecule has 2 aromatic rings. The number of aliphatic hydroxyl groups is 2. The van der Waals surface area contributed by atoms with Gasteiger partial charge in [0, 0.05) is 6.07 Å². The van der Waals surface area contributed by atoms with Crippen LogP contribution >= 0.6 is 0 Å². The second-order valence-electron chi connectivity index (χ2n) is 6.94. The fourth-order valence-corrected chi connectivity index (χ4v) is 2.91. The van der Waals surface area contributed by atoms with Gasteiger partial charge in [0.2, 0.25) is 0 Å². The predicted molar refractivity (Wildman–Crippen MR) is 94.0 cm³/mol. The van der Waals surface area contributed by atoms with E-state index in [9.17, 15) is 15.0 Å². The lowest BCUT2D eigenvalue weighted by atomic mass is 9.92. The van der Waals surface area contributed by atoms with Crippen molar-refractivity contribution in [2.75, 3.05) is 13.2 Å². The first-order valence-corrected chi connectivity index (χ1v) is 8.77. The minimum atomic E-state index is -1.12. The number of hydrogen-bond acceptors (Lipinski definition) is 6. The average molecular weight is 360 g/mol. The van der Waals surface area contributed by atoms with E-state index in [-0.39, 0.29) is 25.5 Å². The second kappa shape index (κ2) is 7.88. The Morgan fingerprint density at radius 2 is 1.96 bits per heavy atom. The van der Waals surface area contributed by atoms with Crippen LogP contribution in [0.5, 0.6) is 5.75 Å². The van der Waals surface area contributed by atoms with Crippen molar-refractivity contribution in [2.24, 2.45) is 0 Å². The predicted octanol–water partition coefficient (Wildman–Crippen LogP) is 1.61. The van der Waals surface area contributed by atoms with Crippen LogP contribution in [0, 0.1) is 0 Å². The Labute approximate surface area is 152 Å². The molecule has 0 saturated carbocycles. The molecule has 0 aliphatic heterocycles. The maximum atomic E-state index is 12.1. The fraction of sp³-hybridized carbons (Fsp3) is 0.474. The molecule has 3 N–H and O–H groups in total. The largest absolute Gasteiger partial charge is 0.486 e. The van der Waals surface area contributed by atoms with Crippen LogP contribution in [0.25, 0.3) is 0 Å². The van der Waals surface area contributed by atoms with Gasteiger partial charge in [0.25, 0.3) is 5.91 Å². The third kappa shape index (κ3) is 4.23. The summed E-state index contributed by atoms with van der Waals surface area (Å²) in [5, 5.41) is 24.7. The first-order chi connectivity index (χ1) is 12.5. The van der Waals surface area contributed by atoms with Crippen molar-refractivity contribution in [3.05, 3.63) is 46.8 Å². The van der Waals surface area contributed by atoms with E-state index < -0.39 is 11.4 Å². The highest BCUT2D eigenvalue weighted by atomic mass is 16.5. The summed E-state index contributed by atoms with van der Waals surface area (Å²) in [4.78, 5) is 12.1. The molecule has 140 valence electrons. The van der Waals surface area contributed by atoms with Crippen LogP contribution in [0.3, 0.4) is 0 Å². The number of carbonyl (C=O) groups excluding carboxylic acids is 1. The monoisotopic (exact) mass is 360 g/mol. The molecular weight excluding hydrogens is 336 g/mol. The molecule has 3 rings (SSSR count). The van der Waals surface area contributed by atoms with Crippen LogP contribution < -0.4 is 10.1 Å². The van der Waals surface area contributed by atoms with E-state index in [2.05, 4.69) is 22.6 Å². The summed E-state index contributed by atoms with van der Waals surface area (Å²) in [5.74, 6) is 0.656. The normalized spacial score (nSPS) is 14.0. The lowest BCUT2D eigenvalue weighted by molar-refractivity contribution is 0.0716. The first kappa shape index (κ1) is 18.4. The van der Waals surface area contributed by atoms with Gasteiger partial charge in [-0.15, -0.1) is 0 Å². The Balaban J connectivity index is 1.59. The van der Waals surface area contributed by atoms with E-state index in [1.54, 1.807) is 0 Å². The number of fused-ring (bicyclic) bond motifs is 1. The van der Waals surface area contributed by atoms with Crippen LogP contribution in [-0.2, 0) is 19.4 Å². The highest BCUT2D eigenvalue weighted by Gasteiger charge is 2.26. The van der Waals surface area contributed by atoms with E-state index in [0.29, 0.717) is 5.76 Å². The SMILES string of the molecule is CC(CO)(CO)NC(=O)c1cc(COc2ccc3c(c2)CCCC3)on1. The van der Waals surface area contributed by atoms with E-state index in [0.717, 1.165) is 18.6 Å². The zero-order valence-corrected chi connectivity index (χ0v) is 14.8. The van der Waals surface area contributed by atoms with Crippen molar-refractivity contribution in [2.45, 2.75) is 44.8 Å². The fourth-order valence-electron chi connectivity index (χ4n) is 2.91. The van der Waals surface area contributed by atoms with Crippen molar-refractivity contribution in [1.29, 1.82) is 0 Å². The van der Waals surface area contributed by atoms with E-state index in [1.165, 1.54) is 37.0 Å². The molecule has 1 aliphatic carbocycles. The minimum Gasteiger partial charge on any atom is -0.486 e. The lowest BCUT2D eigenvalue weighted by Crippen LogP contribution is -2.51. The summed E-state index contributed by atoms with van der Waals surface area (Å²) in [6.07, 6.45) is 4.64.